The molecule has 0 aliphatic carbocycles. The minimum atomic E-state index is -0.225. The molecular formula is C12H20N2O2. The molecule has 0 spiro atoms. The van der Waals surface area contributed by atoms with Gasteiger partial charge in [0, 0.05) is 33.2 Å². The molecule has 0 aliphatic heterocycles. The molecule has 1 rings (SSSR count). The first-order chi connectivity index (χ1) is 7.69. The number of ether oxygens (including phenoxy) is 2. The van der Waals surface area contributed by atoms with Crippen LogP contribution in [0, 0.1) is 6.92 Å². The van der Waals surface area contributed by atoms with E-state index in [2.05, 4.69) is 17.2 Å². The van der Waals surface area contributed by atoms with Crippen molar-refractivity contribution in [3.63, 3.8) is 0 Å². The summed E-state index contributed by atoms with van der Waals surface area (Å²) in [6.45, 7) is 4.88. The lowest BCUT2D eigenvalue weighted by atomic mass is 10.1. The Morgan fingerprint density at radius 1 is 1.38 bits per heavy atom. The van der Waals surface area contributed by atoms with E-state index in [4.69, 9.17) is 9.47 Å². The first kappa shape index (κ1) is 13.1. The van der Waals surface area contributed by atoms with Gasteiger partial charge >= 0.3 is 0 Å². The normalized spacial score (nSPS) is 13.1. The SMILES string of the molecule is COC(OC)C(C)NCc1cnccc1C. The fourth-order valence-corrected chi connectivity index (χ4v) is 1.55. The van der Waals surface area contributed by atoms with Gasteiger partial charge in [-0.05, 0) is 31.0 Å². The zero-order chi connectivity index (χ0) is 12.0. The highest BCUT2D eigenvalue weighted by Crippen LogP contribution is 2.06. The van der Waals surface area contributed by atoms with Gasteiger partial charge < -0.3 is 14.8 Å². The summed E-state index contributed by atoms with van der Waals surface area (Å²) in [5, 5.41) is 3.35. The third-order valence-electron chi connectivity index (χ3n) is 2.63. The molecule has 90 valence electrons. The Hall–Kier alpha value is -0.970. The van der Waals surface area contributed by atoms with Crippen molar-refractivity contribution in [1.82, 2.24) is 10.3 Å². The van der Waals surface area contributed by atoms with Gasteiger partial charge in [0.1, 0.15) is 0 Å². The van der Waals surface area contributed by atoms with E-state index in [0.717, 1.165) is 6.54 Å². The molecule has 1 atom stereocenters. The fraction of sp³-hybridized carbons (Fsp3) is 0.583. The van der Waals surface area contributed by atoms with Crippen LogP contribution in [0.3, 0.4) is 0 Å². The maximum absolute atomic E-state index is 5.18. The molecule has 0 aromatic carbocycles. The van der Waals surface area contributed by atoms with Crippen molar-refractivity contribution >= 4 is 0 Å². The van der Waals surface area contributed by atoms with Gasteiger partial charge in [-0.3, -0.25) is 4.98 Å². The highest BCUT2D eigenvalue weighted by atomic mass is 16.7. The molecule has 0 bridgehead atoms. The van der Waals surface area contributed by atoms with Crippen LogP contribution in [-0.2, 0) is 16.0 Å². The maximum Gasteiger partial charge on any atom is 0.171 e. The monoisotopic (exact) mass is 224 g/mol. The van der Waals surface area contributed by atoms with E-state index in [9.17, 15) is 0 Å². The van der Waals surface area contributed by atoms with Crippen LogP contribution in [0.4, 0.5) is 0 Å². The van der Waals surface area contributed by atoms with E-state index in [1.54, 1.807) is 20.4 Å². The third-order valence-corrected chi connectivity index (χ3v) is 2.63. The number of pyridine rings is 1. The lowest BCUT2D eigenvalue weighted by molar-refractivity contribution is -0.119. The van der Waals surface area contributed by atoms with Gasteiger partial charge in [-0.25, -0.2) is 0 Å². The van der Waals surface area contributed by atoms with Crippen LogP contribution in [0.5, 0.6) is 0 Å². The number of nitrogens with one attached hydrogen (secondary N) is 1. The Labute approximate surface area is 97.0 Å². The van der Waals surface area contributed by atoms with Gasteiger partial charge in [-0.2, -0.15) is 0 Å². The first-order valence-corrected chi connectivity index (χ1v) is 5.37. The van der Waals surface area contributed by atoms with Crippen LogP contribution in [0.15, 0.2) is 18.5 Å². The van der Waals surface area contributed by atoms with E-state index in [1.165, 1.54) is 11.1 Å². The zero-order valence-electron chi connectivity index (χ0n) is 10.4. The van der Waals surface area contributed by atoms with Crippen molar-refractivity contribution in [3.05, 3.63) is 29.6 Å². The Kier molecular flexibility index (Phi) is 5.38. The molecule has 16 heavy (non-hydrogen) atoms. The Morgan fingerprint density at radius 3 is 2.62 bits per heavy atom. The van der Waals surface area contributed by atoms with Crippen LogP contribution in [-0.4, -0.2) is 31.5 Å². The summed E-state index contributed by atoms with van der Waals surface area (Å²) in [6.07, 6.45) is 3.45. The van der Waals surface area contributed by atoms with Crippen molar-refractivity contribution in [2.24, 2.45) is 0 Å². The van der Waals surface area contributed by atoms with Gasteiger partial charge in [0.05, 0.1) is 6.04 Å². The molecule has 0 radical (unpaired) electrons. The third kappa shape index (κ3) is 3.56. The fourth-order valence-electron chi connectivity index (χ4n) is 1.55. The van der Waals surface area contributed by atoms with Crippen LogP contribution < -0.4 is 5.32 Å². The summed E-state index contributed by atoms with van der Waals surface area (Å²) < 4.78 is 10.4. The summed E-state index contributed by atoms with van der Waals surface area (Å²) in [5.41, 5.74) is 2.43. The van der Waals surface area contributed by atoms with Gasteiger partial charge in [0.2, 0.25) is 0 Å². The van der Waals surface area contributed by atoms with Gasteiger partial charge in [-0.15, -0.1) is 0 Å². The zero-order valence-corrected chi connectivity index (χ0v) is 10.4. The van der Waals surface area contributed by atoms with Crippen LogP contribution in [0.1, 0.15) is 18.1 Å². The summed E-state index contributed by atoms with van der Waals surface area (Å²) in [7, 11) is 3.28. The van der Waals surface area contributed by atoms with Gasteiger partial charge in [-0.1, -0.05) is 0 Å². The number of aromatic nitrogens is 1. The minimum Gasteiger partial charge on any atom is -0.354 e. The average molecular weight is 224 g/mol. The second-order valence-corrected chi connectivity index (χ2v) is 3.81. The van der Waals surface area contributed by atoms with E-state index < -0.39 is 0 Å². The Balaban J connectivity index is 2.48. The molecule has 0 saturated heterocycles. The first-order valence-electron chi connectivity index (χ1n) is 5.37. The lowest BCUT2D eigenvalue weighted by Gasteiger charge is -2.22. The summed E-state index contributed by atoms with van der Waals surface area (Å²) in [5.74, 6) is 0. The van der Waals surface area contributed by atoms with Crippen LogP contribution in [0.2, 0.25) is 0 Å². The van der Waals surface area contributed by atoms with Gasteiger partial charge in [0.25, 0.3) is 0 Å². The molecule has 0 saturated carbocycles. The van der Waals surface area contributed by atoms with Crippen molar-refractivity contribution < 1.29 is 9.47 Å². The predicted molar refractivity (Wildman–Crippen MR) is 63.1 cm³/mol. The minimum absolute atomic E-state index is 0.134. The number of methoxy groups -OCH3 is 2. The van der Waals surface area contributed by atoms with Crippen LogP contribution in [0.25, 0.3) is 0 Å². The molecule has 1 unspecified atom stereocenters. The number of rotatable bonds is 6. The topological polar surface area (TPSA) is 43.4 Å². The van der Waals surface area contributed by atoms with Crippen LogP contribution >= 0.6 is 0 Å². The summed E-state index contributed by atoms with van der Waals surface area (Å²) in [6, 6.07) is 2.14. The smallest absolute Gasteiger partial charge is 0.171 e. The molecule has 1 aromatic rings. The molecular weight excluding hydrogens is 204 g/mol. The molecule has 0 amide bonds. The second kappa shape index (κ2) is 6.58. The molecule has 1 heterocycles. The molecule has 4 nitrogen and oxygen atoms in total. The van der Waals surface area contributed by atoms with E-state index >= 15 is 0 Å². The average Bonchev–Trinajstić information content (AvgIpc) is 2.29. The quantitative estimate of drug-likeness (QED) is 0.743. The number of nitrogens with zero attached hydrogens (tertiary/aromatic N) is 1. The number of aryl methyl sites for hydroxylation is 1. The highest BCUT2D eigenvalue weighted by molar-refractivity contribution is 5.21. The largest absolute Gasteiger partial charge is 0.354 e. The molecule has 0 aliphatic rings. The van der Waals surface area contributed by atoms with Crippen molar-refractivity contribution in [1.29, 1.82) is 0 Å². The standard InChI is InChI=1S/C12H20N2O2/c1-9-5-6-13-7-11(9)8-14-10(2)12(15-3)16-4/h5-7,10,12,14H,8H2,1-4H3. The summed E-state index contributed by atoms with van der Waals surface area (Å²) in [4.78, 5) is 4.11. The van der Waals surface area contributed by atoms with E-state index in [0.29, 0.717) is 0 Å². The molecule has 4 heteroatoms. The maximum atomic E-state index is 5.18. The number of hydrogen-bond acceptors (Lipinski definition) is 4. The molecule has 0 fully saturated rings. The highest BCUT2D eigenvalue weighted by Gasteiger charge is 2.14. The predicted octanol–water partition coefficient (Wildman–Crippen LogP) is 1.49. The molecule has 1 N–H and O–H groups in total. The Morgan fingerprint density at radius 2 is 2.06 bits per heavy atom. The van der Waals surface area contributed by atoms with E-state index in [-0.39, 0.29) is 12.3 Å². The molecule has 1 aromatic heterocycles. The van der Waals surface area contributed by atoms with Crippen molar-refractivity contribution in [2.45, 2.75) is 32.7 Å². The van der Waals surface area contributed by atoms with Gasteiger partial charge in [0.15, 0.2) is 6.29 Å². The van der Waals surface area contributed by atoms with E-state index in [1.807, 2.05) is 19.2 Å². The summed E-state index contributed by atoms with van der Waals surface area (Å²) >= 11 is 0. The number of hydrogen-bond donors (Lipinski definition) is 1. The van der Waals surface area contributed by atoms with Crippen molar-refractivity contribution in [3.8, 4) is 0 Å². The van der Waals surface area contributed by atoms with Crippen molar-refractivity contribution in [2.75, 3.05) is 14.2 Å². The second-order valence-electron chi connectivity index (χ2n) is 3.81. The lowest BCUT2D eigenvalue weighted by Crippen LogP contribution is -2.39. The Bertz CT molecular complexity index is 314.